The summed E-state index contributed by atoms with van der Waals surface area (Å²) in [5.74, 6) is -12.5. The number of carboxylic acids is 1. The van der Waals surface area contributed by atoms with E-state index in [9.17, 15) is 40.7 Å². The van der Waals surface area contributed by atoms with Crippen molar-refractivity contribution < 1.29 is 55.3 Å². The van der Waals surface area contributed by atoms with Crippen LogP contribution in [0.25, 0.3) is 0 Å². The van der Waals surface area contributed by atoms with Crippen LogP contribution in [0.5, 0.6) is 0 Å². The first-order valence-electron chi connectivity index (χ1n) is 24.5. The number of hydrogen-bond acceptors (Lipinski definition) is 11. The van der Waals surface area contributed by atoms with Crippen LogP contribution in [0, 0.1) is 35.5 Å². The van der Waals surface area contributed by atoms with Gasteiger partial charge in [0.15, 0.2) is 17.1 Å². The van der Waals surface area contributed by atoms with Crippen LogP contribution in [0.15, 0.2) is 96.6 Å². The normalized spacial score (nSPS) is 23.3. The Labute approximate surface area is 450 Å². The summed E-state index contributed by atoms with van der Waals surface area (Å²) in [6, 6.07) is 16.9. The quantitative estimate of drug-likeness (QED) is 0.0816. The first kappa shape index (κ1) is 53.2. The van der Waals surface area contributed by atoms with E-state index in [0.717, 1.165) is 38.2 Å². The number of rotatable bonds is 14. The van der Waals surface area contributed by atoms with E-state index >= 15 is 0 Å². The molecule has 3 saturated heterocycles. The van der Waals surface area contributed by atoms with Crippen molar-refractivity contribution >= 4 is 74.1 Å². The zero-order valence-corrected chi connectivity index (χ0v) is 43.9. The molecule has 24 heteroatoms. The topological polar surface area (TPSA) is 153 Å². The van der Waals surface area contributed by atoms with Gasteiger partial charge in [0.25, 0.3) is 17.8 Å². The van der Waals surface area contributed by atoms with Gasteiger partial charge in [0, 0.05) is 109 Å². The van der Waals surface area contributed by atoms with Crippen LogP contribution in [0.1, 0.15) is 62.0 Å². The maximum atomic E-state index is 13.3. The van der Waals surface area contributed by atoms with E-state index in [1.165, 1.54) is 12.5 Å². The van der Waals surface area contributed by atoms with Crippen molar-refractivity contribution in [2.75, 3.05) is 67.2 Å². The summed E-state index contributed by atoms with van der Waals surface area (Å²) in [6.45, 7) is 7.75. The molecular formula is C52H50BrCl2F6N9O6. The molecule has 76 heavy (non-hydrogen) atoms. The molecule has 0 radical (unpaired) electrons. The van der Waals surface area contributed by atoms with E-state index < -0.39 is 71.2 Å². The zero-order valence-electron chi connectivity index (χ0n) is 40.8. The molecule has 6 fully saturated rings. The number of ether oxygens (including phenoxy) is 2. The minimum Gasteiger partial charge on any atom is -0.476 e. The standard InChI is InChI=1S/C18H18BrF2N3O2.C18H18ClF2N3O2.C16H14ClF2N3O2/c2*1-2-26-17(25)16-9-23(10-22-16)6-11-3-4-12(5-15(11)19)24-7-13-14(8-24)18(13,20)21;17-13-3-10(22-5-11-12(6-22)16(11,18)19)2-1-9(13)4-21-7-14(15(23)24)20-8-21/h2*3-5,9-10,13-14H,2,6-8H2,1H3;1-3,7-8,11-12H,4-6H2,(H,23,24). The van der Waals surface area contributed by atoms with Crippen molar-refractivity contribution in [2.24, 2.45) is 35.5 Å². The third kappa shape index (κ3) is 10.7. The largest absolute Gasteiger partial charge is 0.476 e. The van der Waals surface area contributed by atoms with Crippen molar-refractivity contribution in [3.63, 3.8) is 0 Å². The second-order valence-corrected chi connectivity index (χ2v) is 21.4. The smallest absolute Gasteiger partial charge is 0.358 e. The van der Waals surface area contributed by atoms with Gasteiger partial charge in [-0.2, -0.15) is 0 Å². The zero-order chi connectivity index (χ0) is 54.0. The number of fused-ring (bicyclic) bond motifs is 3. The minimum absolute atomic E-state index is 0.0278. The fraction of sp³-hybridized carbons (Fsp3) is 0.423. The molecule has 6 unspecified atom stereocenters. The molecule has 3 aliphatic heterocycles. The summed E-state index contributed by atoms with van der Waals surface area (Å²) in [7, 11) is 0. The molecule has 0 spiro atoms. The number of carboxylic acid groups (broad SMARTS) is 1. The number of carbonyl (C=O) groups excluding carboxylic acids is 2. The Morgan fingerprint density at radius 3 is 1.18 bits per heavy atom. The van der Waals surface area contributed by atoms with Crippen molar-refractivity contribution in [3.8, 4) is 0 Å². The molecule has 12 rings (SSSR count). The molecule has 3 saturated carbocycles. The van der Waals surface area contributed by atoms with Crippen molar-refractivity contribution in [1.82, 2.24) is 28.7 Å². The van der Waals surface area contributed by atoms with Crippen LogP contribution in [0.4, 0.5) is 43.4 Å². The lowest BCUT2D eigenvalue weighted by Crippen LogP contribution is -2.27. The highest BCUT2D eigenvalue weighted by Crippen LogP contribution is 2.61. The Bertz CT molecular complexity index is 3010. The van der Waals surface area contributed by atoms with E-state index in [2.05, 4.69) is 30.9 Å². The predicted octanol–water partition coefficient (Wildman–Crippen LogP) is 10.0. The predicted molar refractivity (Wildman–Crippen MR) is 272 cm³/mol. The molecule has 3 aromatic carbocycles. The number of anilines is 3. The minimum atomic E-state index is -2.50. The van der Waals surface area contributed by atoms with Crippen LogP contribution in [-0.4, -0.2) is 122 Å². The average molecular weight is 1160 g/mol. The molecule has 6 aliphatic rings. The van der Waals surface area contributed by atoms with Gasteiger partial charge in [0.2, 0.25) is 0 Å². The summed E-state index contributed by atoms with van der Waals surface area (Å²) in [5.41, 5.74) is 5.82. The molecule has 6 atom stereocenters. The first-order valence-corrected chi connectivity index (χ1v) is 26.1. The summed E-state index contributed by atoms with van der Waals surface area (Å²) in [4.78, 5) is 52.0. The van der Waals surface area contributed by atoms with Crippen LogP contribution in [0.3, 0.4) is 0 Å². The van der Waals surface area contributed by atoms with Crippen LogP contribution >= 0.6 is 39.1 Å². The SMILES string of the molecule is CCOC(=O)c1cn(Cc2ccc(N3CC4C(C3)C4(F)F)cc2Br)cn1.CCOC(=O)c1cn(Cc2ccc(N3CC4C(C3)C4(F)F)cc2Cl)cn1.O=C(O)c1cn(Cc2ccc(N3CC4C(C3)C4(F)F)cc2Cl)cn1. The number of alkyl halides is 6. The van der Waals surface area contributed by atoms with Crippen LogP contribution in [-0.2, 0) is 29.1 Å². The van der Waals surface area contributed by atoms with Gasteiger partial charge in [-0.15, -0.1) is 0 Å². The van der Waals surface area contributed by atoms with Crippen LogP contribution < -0.4 is 14.7 Å². The molecule has 0 bridgehead atoms. The van der Waals surface area contributed by atoms with E-state index in [4.69, 9.17) is 37.8 Å². The highest BCUT2D eigenvalue weighted by atomic mass is 79.9. The van der Waals surface area contributed by atoms with Crippen molar-refractivity contribution in [2.45, 2.75) is 51.2 Å². The number of hydrogen-bond donors (Lipinski definition) is 1. The van der Waals surface area contributed by atoms with Crippen molar-refractivity contribution in [1.29, 1.82) is 0 Å². The lowest BCUT2D eigenvalue weighted by Gasteiger charge is -2.22. The fourth-order valence-electron chi connectivity index (χ4n) is 10.4. The van der Waals surface area contributed by atoms with Gasteiger partial charge in [-0.25, -0.2) is 55.7 Å². The second kappa shape index (κ2) is 20.6. The Morgan fingerprint density at radius 1 is 0.553 bits per heavy atom. The molecule has 6 aromatic rings. The first-order chi connectivity index (χ1) is 36.2. The van der Waals surface area contributed by atoms with E-state index in [1.807, 2.05) is 63.2 Å². The fourth-order valence-corrected chi connectivity index (χ4v) is 11.4. The summed E-state index contributed by atoms with van der Waals surface area (Å²) < 4.78 is 95.8. The molecule has 3 aliphatic carbocycles. The van der Waals surface area contributed by atoms with Gasteiger partial charge in [-0.05, 0) is 66.9 Å². The molecule has 0 amide bonds. The van der Waals surface area contributed by atoms with E-state index in [0.29, 0.717) is 82.2 Å². The van der Waals surface area contributed by atoms with Gasteiger partial charge in [-0.3, -0.25) is 0 Å². The lowest BCUT2D eigenvalue weighted by atomic mass is 10.2. The van der Waals surface area contributed by atoms with Gasteiger partial charge in [0.05, 0.1) is 67.7 Å². The number of piperidine rings is 3. The second-order valence-electron chi connectivity index (χ2n) is 19.7. The summed E-state index contributed by atoms with van der Waals surface area (Å²) in [5, 5.41) is 9.95. The molecule has 1 N–H and O–H groups in total. The monoisotopic (exact) mass is 1160 g/mol. The Morgan fingerprint density at radius 2 is 0.868 bits per heavy atom. The van der Waals surface area contributed by atoms with Gasteiger partial charge in [0.1, 0.15) is 0 Å². The molecule has 402 valence electrons. The summed E-state index contributed by atoms with van der Waals surface area (Å²) in [6.07, 6.45) is 9.26. The number of aromatic carboxylic acids is 1. The Kier molecular flexibility index (Phi) is 14.4. The van der Waals surface area contributed by atoms with Gasteiger partial charge >= 0.3 is 17.9 Å². The number of halogens is 9. The number of imidazole rings is 3. The molecule has 6 heterocycles. The molecule has 15 nitrogen and oxygen atoms in total. The number of esters is 2. The van der Waals surface area contributed by atoms with E-state index in [1.54, 1.807) is 58.7 Å². The number of carbonyl (C=O) groups is 3. The maximum absolute atomic E-state index is 13.3. The number of benzene rings is 3. The number of aromatic nitrogens is 6. The maximum Gasteiger partial charge on any atom is 0.358 e. The lowest BCUT2D eigenvalue weighted by molar-refractivity contribution is 0.0510. The highest BCUT2D eigenvalue weighted by Gasteiger charge is 2.73. The highest BCUT2D eigenvalue weighted by molar-refractivity contribution is 9.10. The van der Waals surface area contributed by atoms with Crippen molar-refractivity contribution in [3.05, 3.63) is 140 Å². The third-order valence-corrected chi connectivity index (χ3v) is 16.4. The third-order valence-electron chi connectivity index (χ3n) is 15.0. The molecular weight excluding hydrogens is 1110 g/mol. The van der Waals surface area contributed by atoms with E-state index in [-0.39, 0.29) is 17.1 Å². The Balaban J connectivity index is 0.000000130. The van der Waals surface area contributed by atoms with Crippen LogP contribution in [0.2, 0.25) is 10.0 Å². The molecule has 3 aromatic heterocycles. The Hall–Kier alpha value is -6.26. The average Bonchev–Trinajstić information content (AvgIpc) is 4.06. The van der Waals surface area contributed by atoms with Gasteiger partial charge < -0.3 is 43.0 Å². The summed E-state index contributed by atoms with van der Waals surface area (Å²) >= 11 is 16.2. The van der Waals surface area contributed by atoms with Gasteiger partial charge in [-0.1, -0.05) is 57.3 Å². The number of nitrogens with zero attached hydrogens (tertiary/aromatic N) is 9.